The smallest absolute Gasteiger partial charge is 0.0716 e. The monoisotopic (exact) mass is 323 g/mol. The number of aryl methyl sites for hydroxylation is 1. The fourth-order valence-corrected chi connectivity index (χ4v) is 2.78. The number of benzene rings is 1. The molecule has 3 nitrogen and oxygen atoms in total. The standard InChI is InChI=1S/C22H17N3/c1-16-2-4-17(5-3-16)20-14-21(18-6-10-23-11-7-18)25-22(15-20)19-8-12-24-13-9-19/h2-15H,1H3. The van der Waals surface area contributed by atoms with Gasteiger partial charge < -0.3 is 0 Å². The first-order valence-corrected chi connectivity index (χ1v) is 8.19. The molecule has 0 radical (unpaired) electrons. The Morgan fingerprint density at radius 2 is 1.00 bits per heavy atom. The second-order valence-electron chi connectivity index (χ2n) is 5.96. The predicted molar refractivity (Wildman–Crippen MR) is 101 cm³/mol. The van der Waals surface area contributed by atoms with Gasteiger partial charge >= 0.3 is 0 Å². The van der Waals surface area contributed by atoms with E-state index in [0.29, 0.717) is 0 Å². The van der Waals surface area contributed by atoms with E-state index in [1.54, 1.807) is 24.8 Å². The summed E-state index contributed by atoms with van der Waals surface area (Å²) in [7, 11) is 0. The van der Waals surface area contributed by atoms with Crippen molar-refractivity contribution in [1.82, 2.24) is 15.0 Å². The van der Waals surface area contributed by atoms with Gasteiger partial charge in [-0.3, -0.25) is 9.97 Å². The zero-order valence-corrected chi connectivity index (χ0v) is 13.9. The van der Waals surface area contributed by atoms with Crippen LogP contribution >= 0.6 is 0 Å². The maximum Gasteiger partial charge on any atom is 0.0716 e. The molecule has 25 heavy (non-hydrogen) atoms. The molecule has 0 fully saturated rings. The summed E-state index contributed by atoms with van der Waals surface area (Å²) in [5.74, 6) is 0. The fourth-order valence-electron chi connectivity index (χ4n) is 2.78. The normalized spacial score (nSPS) is 10.6. The van der Waals surface area contributed by atoms with Crippen molar-refractivity contribution in [3.63, 3.8) is 0 Å². The number of aromatic nitrogens is 3. The summed E-state index contributed by atoms with van der Waals surface area (Å²) in [4.78, 5) is 13.1. The van der Waals surface area contributed by atoms with Gasteiger partial charge in [-0.05, 0) is 54.4 Å². The Bertz CT molecular complexity index is 921. The highest BCUT2D eigenvalue weighted by Gasteiger charge is 2.08. The quantitative estimate of drug-likeness (QED) is 0.521. The first-order chi connectivity index (χ1) is 12.3. The zero-order chi connectivity index (χ0) is 17.1. The average molecular weight is 323 g/mol. The third-order valence-electron chi connectivity index (χ3n) is 4.16. The SMILES string of the molecule is Cc1ccc(-c2cc(-c3ccncc3)nc(-c3ccncc3)c2)cc1. The van der Waals surface area contributed by atoms with E-state index in [9.17, 15) is 0 Å². The topological polar surface area (TPSA) is 38.7 Å². The van der Waals surface area contributed by atoms with Crippen LogP contribution in [0.15, 0.2) is 85.5 Å². The molecule has 0 atom stereocenters. The van der Waals surface area contributed by atoms with Gasteiger partial charge in [-0.2, -0.15) is 0 Å². The minimum Gasteiger partial charge on any atom is -0.265 e. The van der Waals surface area contributed by atoms with Crippen LogP contribution in [0.1, 0.15) is 5.56 Å². The van der Waals surface area contributed by atoms with Gasteiger partial charge in [0, 0.05) is 35.9 Å². The molecule has 3 heterocycles. The summed E-state index contributed by atoms with van der Waals surface area (Å²) in [5.41, 5.74) is 7.56. The third-order valence-corrected chi connectivity index (χ3v) is 4.16. The predicted octanol–water partition coefficient (Wildman–Crippen LogP) is 5.18. The number of hydrogen-bond donors (Lipinski definition) is 0. The summed E-state index contributed by atoms with van der Waals surface area (Å²) < 4.78 is 0. The Morgan fingerprint density at radius 1 is 0.520 bits per heavy atom. The van der Waals surface area contributed by atoms with E-state index in [-0.39, 0.29) is 0 Å². The zero-order valence-electron chi connectivity index (χ0n) is 13.9. The number of hydrogen-bond acceptors (Lipinski definition) is 3. The highest BCUT2D eigenvalue weighted by Crippen LogP contribution is 2.29. The van der Waals surface area contributed by atoms with Crippen molar-refractivity contribution in [3.05, 3.63) is 91.0 Å². The van der Waals surface area contributed by atoms with E-state index in [1.165, 1.54) is 11.1 Å². The molecule has 3 aromatic heterocycles. The van der Waals surface area contributed by atoms with E-state index >= 15 is 0 Å². The molecule has 0 aliphatic heterocycles. The van der Waals surface area contributed by atoms with Crippen LogP contribution in [-0.4, -0.2) is 15.0 Å². The summed E-state index contributed by atoms with van der Waals surface area (Å²) in [6.45, 7) is 2.10. The Balaban J connectivity index is 1.90. The molecule has 4 rings (SSSR count). The van der Waals surface area contributed by atoms with Gasteiger partial charge in [0.25, 0.3) is 0 Å². The van der Waals surface area contributed by atoms with Gasteiger partial charge in [-0.25, -0.2) is 4.98 Å². The largest absolute Gasteiger partial charge is 0.265 e. The number of nitrogens with zero attached hydrogens (tertiary/aromatic N) is 3. The Kier molecular flexibility index (Phi) is 4.05. The maximum absolute atomic E-state index is 4.86. The number of pyridine rings is 3. The van der Waals surface area contributed by atoms with Crippen molar-refractivity contribution in [3.8, 4) is 33.6 Å². The first-order valence-electron chi connectivity index (χ1n) is 8.19. The average Bonchev–Trinajstić information content (AvgIpc) is 2.69. The van der Waals surface area contributed by atoms with Gasteiger partial charge in [0.2, 0.25) is 0 Å². The summed E-state index contributed by atoms with van der Waals surface area (Å²) in [5, 5.41) is 0. The maximum atomic E-state index is 4.86. The van der Waals surface area contributed by atoms with E-state index < -0.39 is 0 Å². The fraction of sp³-hybridized carbons (Fsp3) is 0.0455. The number of rotatable bonds is 3. The van der Waals surface area contributed by atoms with Crippen LogP contribution in [-0.2, 0) is 0 Å². The summed E-state index contributed by atoms with van der Waals surface area (Å²) in [6.07, 6.45) is 7.17. The molecule has 0 amide bonds. The van der Waals surface area contributed by atoms with E-state index in [4.69, 9.17) is 4.98 Å². The van der Waals surface area contributed by atoms with Crippen LogP contribution < -0.4 is 0 Å². The molecule has 0 spiro atoms. The van der Waals surface area contributed by atoms with Crippen LogP contribution in [0.2, 0.25) is 0 Å². The second kappa shape index (κ2) is 6.65. The minimum absolute atomic E-state index is 0.937. The van der Waals surface area contributed by atoms with Crippen molar-refractivity contribution in [1.29, 1.82) is 0 Å². The van der Waals surface area contributed by atoms with E-state index in [0.717, 1.165) is 28.1 Å². The lowest BCUT2D eigenvalue weighted by molar-refractivity contribution is 1.27. The molecular formula is C22H17N3. The molecule has 0 aliphatic carbocycles. The Morgan fingerprint density at radius 3 is 1.48 bits per heavy atom. The van der Waals surface area contributed by atoms with Crippen LogP contribution in [0.4, 0.5) is 0 Å². The van der Waals surface area contributed by atoms with Gasteiger partial charge in [-0.1, -0.05) is 29.8 Å². The van der Waals surface area contributed by atoms with Crippen LogP contribution in [0.5, 0.6) is 0 Å². The van der Waals surface area contributed by atoms with Crippen molar-refractivity contribution in [2.45, 2.75) is 6.92 Å². The van der Waals surface area contributed by atoms with Crippen molar-refractivity contribution < 1.29 is 0 Å². The molecular weight excluding hydrogens is 306 g/mol. The molecule has 3 heteroatoms. The Labute approximate surface area is 147 Å². The molecule has 0 saturated heterocycles. The van der Waals surface area contributed by atoms with Crippen LogP contribution in [0.3, 0.4) is 0 Å². The molecule has 0 N–H and O–H groups in total. The van der Waals surface area contributed by atoms with Crippen LogP contribution in [0.25, 0.3) is 33.6 Å². The molecule has 0 unspecified atom stereocenters. The lowest BCUT2D eigenvalue weighted by Gasteiger charge is -2.10. The highest BCUT2D eigenvalue weighted by atomic mass is 14.7. The van der Waals surface area contributed by atoms with Crippen molar-refractivity contribution in [2.75, 3.05) is 0 Å². The molecule has 0 bridgehead atoms. The van der Waals surface area contributed by atoms with Gasteiger partial charge in [0.1, 0.15) is 0 Å². The van der Waals surface area contributed by atoms with E-state index in [1.807, 2.05) is 24.3 Å². The van der Waals surface area contributed by atoms with Crippen molar-refractivity contribution in [2.24, 2.45) is 0 Å². The Hall–Kier alpha value is -3.33. The second-order valence-corrected chi connectivity index (χ2v) is 5.96. The molecule has 0 aliphatic rings. The summed E-state index contributed by atoms with van der Waals surface area (Å²) >= 11 is 0. The van der Waals surface area contributed by atoms with Crippen molar-refractivity contribution >= 4 is 0 Å². The third kappa shape index (κ3) is 3.31. The molecule has 1 aromatic carbocycles. The molecule has 4 aromatic rings. The van der Waals surface area contributed by atoms with Crippen LogP contribution in [0, 0.1) is 6.92 Å². The molecule has 120 valence electrons. The lowest BCUT2D eigenvalue weighted by atomic mass is 10.00. The lowest BCUT2D eigenvalue weighted by Crippen LogP contribution is -1.91. The van der Waals surface area contributed by atoms with Gasteiger partial charge in [0.05, 0.1) is 11.4 Å². The summed E-state index contributed by atoms with van der Waals surface area (Å²) in [6, 6.07) is 20.8. The van der Waals surface area contributed by atoms with E-state index in [2.05, 4.69) is 53.3 Å². The highest BCUT2D eigenvalue weighted by molar-refractivity contribution is 5.76. The van der Waals surface area contributed by atoms with Gasteiger partial charge in [0.15, 0.2) is 0 Å². The molecule has 0 saturated carbocycles. The minimum atomic E-state index is 0.937. The van der Waals surface area contributed by atoms with Gasteiger partial charge in [-0.15, -0.1) is 0 Å². The first kappa shape index (κ1) is 15.2.